The maximum absolute atomic E-state index is 12.4. The van der Waals surface area contributed by atoms with Crippen molar-refractivity contribution in [3.8, 4) is 0 Å². The minimum atomic E-state index is -4.72. The summed E-state index contributed by atoms with van der Waals surface area (Å²) in [6.45, 7) is 0.670. The van der Waals surface area contributed by atoms with Crippen LogP contribution in [-0.4, -0.2) is 42.7 Å². The van der Waals surface area contributed by atoms with Gasteiger partial charge in [0.1, 0.15) is 11.0 Å². The molecule has 0 spiro atoms. The highest BCUT2D eigenvalue weighted by Crippen LogP contribution is 2.26. The van der Waals surface area contributed by atoms with Gasteiger partial charge in [0.05, 0.1) is 5.57 Å². The summed E-state index contributed by atoms with van der Waals surface area (Å²) in [5, 5.41) is 8.85. The molecule has 0 amide bonds. The van der Waals surface area contributed by atoms with Crippen molar-refractivity contribution in [3.63, 3.8) is 0 Å². The number of rotatable bonds is 3. The SMILES string of the molecule is C[C@H](OC1C(C(=O)O)=CC=CC1=S(=O)=O)C(F)(F)F. The van der Waals surface area contributed by atoms with Crippen molar-refractivity contribution >= 4 is 21.1 Å². The molecule has 0 aromatic heterocycles. The van der Waals surface area contributed by atoms with Gasteiger partial charge in [-0.2, -0.15) is 21.6 Å². The minimum absolute atomic E-state index is 0.559. The lowest BCUT2D eigenvalue weighted by Crippen LogP contribution is -2.39. The van der Waals surface area contributed by atoms with Crippen molar-refractivity contribution < 1.29 is 36.2 Å². The molecule has 0 radical (unpaired) electrons. The molecule has 1 aliphatic carbocycles. The summed E-state index contributed by atoms with van der Waals surface area (Å²) in [4.78, 5) is 10.3. The van der Waals surface area contributed by atoms with E-state index < -0.39 is 45.1 Å². The molecule has 0 heterocycles. The highest BCUT2D eigenvalue weighted by Gasteiger charge is 2.41. The van der Waals surface area contributed by atoms with Crippen molar-refractivity contribution in [2.24, 2.45) is 0 Å². The van der Waals surface area contributed by atoms with Gasteiger partial charge in [-0.1, -0.05) is 6.08 Å². The topological polar surface area (TPSA) is 80.7 Å². The van der Waals surface area contributed by atoms with Crippen LogP contribution in [0, 0.1) is 0 Å². The van der Waals surface area contributed by atoms with E-state index in [4.69, 9.17) is 5.11 Å². The summed E-state index contributed by atoms with van der Waals surface area (Å²) in [7, 11) is -2.88. The molecular formula is C10H9F3O5S. The van der Waals surface area contributed by atoms with Crippen LogP contribution in [0.2, 0.25) is 0 Å². The smallest absolute Gasteiger partial charge is 0.414 e. The number of aliphatic carboxylic acids is 1. The lowest BCUT2D eigenvalue weighted by Gasteiger charge is -2.25. The van der Waals surface area contributed by atoms with Crippen LogP contribution in [0.15, 0.2) is 23.8 Å². The van der Waals surface area contributed by atoms with Gasteiger partial charge in [0.25, 0.3) is 0 Å². The second-order valence-electron chi connectivity index (χ2n) is 3.62. The van der Waals surface area contributed by atoms with Gasteiger partial charge in [-0.25, -0.2) is 4.79 Å². The first-order valence-corrected chi connectivity index (χ1v) is 6.02. The third-order valence-electron chi connectivity index (χ3n) is 2.32. The van der Waals surface area contributed by atoms with E-state index in [1.165, 1.54) is 0 Å². The Morgan fingerprint density at radius 3 is 2.47 bits per heavy atom. The Kier molecular flexibility index (Phi) is 4.53. The molecule has 1 unspecified atom stereocenters. The van der Waals surface area contributed by atoms with Gasteiger partial charge < -0.3 is 9.84 Å². The first-order valence-electron chi connectivity index (χ1n) is 4.94. The van der Waals surface area contributed by atoms with Crippen LogP contribution in [0.3, 0.4) is 0 Å². The van der Waals surface area contributed by atoms with E-state index in [1.807, 2.05) is 0 Å². The van der Waals surface area contributed by atoms with Crippen LogP contribution in [0.1, 0.15) is 6.92 Å². The molecule has 5 nitrogen and oxygen atoms in total. The molecule has 0 fully saturated rings. The molecule has 0 aromatic rings. The number of carboxylic acid groups (broad SMARTS) is 1. The van der Waals surface area contributed by atoms with Gasteiger partial charge in [-0.05, 0) is 19.1 Å². The molecule has 0 saturated carbocycles. The summed E-state index contributed by atoms with van der Waals surface area (Å²) < 4.78 is 63.5. The minimum Gasteiger partial charge on any atom is -0.478 e. The molecule has 0 aliphatic heterocycles. The molecule has 0 saturated heterocycles. The Morgan fingerprint density at radius 1 is 1.47 bits per heavy atom. The number of alkyl halides is 3. The Hall–Kier alpha value is -1.61. The summed E-state index contributed by atoms with van der Waals surface area (Å²) in [5.41, 5.74) is -0.571. The predicted molar refractivity (Wildman–Crippen MR) is 59.2 cm³/mol. The maximum Gasteiger partial charge on any atom is 0.414 e. The van der Waals surface area contributed by atoms with Crippen LogP contribution in [0.4, 0.5) is 13.2 Å². The normalized spacial score (nSPS) is 20.9. The number of allylic oxidation sites excluding steroid dienone is 2. The van der Waals surface area contributed by atoms with Crippen molar-refractivity contribution in [2.75, 3.05) is 0 Å². The number of carbonyl (C=O) groups is 1. The monoisotopic (exact) mass is 298 g/mol. The van der Waals surface area contributed by atoms with E-state index in [0.29, 0.717) is 6.92 Å². The number of hydrogen-bond donors (Lipinski definition) is 1. The maximum atomic E-state index is 12.4. The lowest BCUT2D eigenvalue weighted by molar-refractivity contribution is -0.217. The molecule has 0 bridgehead atoms. The fraction of sp³-hybridized carbons (Fsp3) is 0.400. The first kappa shape index (κ1) is 15.4. The Bertz CT molecular complexity index is 562. The average Bonchev–Trinajstić information content (AvgIpc) is 2.27. The fourth-order valence-corrected chi connectivity index (χ4v) is 1.87. The number of ether oxygens (including phenoxy) is 1. The quantitative estimate of drug-likeness (QED) is 0.785. The highest BCUT2D eigenvalue weighted by molar-refractivity contribution is 7.73. The van der Waals surface area contributed by atoms with Gasteiger partial charge in [0.2, 0.25) is 10.3 Å². The van der Waals surface area contributed by atoms with Gasteiger partial charge in [0, 0.05) is 0 Å². The Labute approximate surface area is 107 Å². The van der Waals surface area contributed by atoms with Crippen LogP contribution in [-0.2, 0) is 19.8 Å². The van der Waals surface area contributed by atoms with Gasteiger partial charge >= 0.3 is 12.1 Å². The fourth-order valence-electron chi connectivity index (χ4n) is 1.32. The lowest BCUT2D eigenvalue weighted by atomic mass is 10.0. The molecule has 106 valence electrons. The zero-order valence-corrected chi connectivity index (χ0v) is 10.3. The molecule has 19 heavy (non-hydrogen) atoms. The highest BCUT2D eigenvalue weighted by atomic mass is 32.2. The second kappa shape index (κ2) is 5.57. The third kappa shape index (κ3) is 3.67. The van der Waals surface area contributed by atoms with Crippen molar-refractivity contribution in [1.82, 2.24) is 0 Å². The molecule has 2 atom stereocenters. The molecular weight excluding hydrogens is 289 g/mol. The van der Waals surface area contributed by atoms with Crippen LogP contribution < -0.4 is 0 Å². The summed E-state index contributed by atoms with van der Waals surface area (Å²) >= 11 is 0. The average molecular weight is 298 g/mol. The Balaban J connectivity index is 3.17. The van der Waals surface area contributed by atoms with Crippen molar-refractivity contribution in [3.05, 3.63) is 23.8 Å². The van der Waals surface area contributed by atoms with Crippen LogP contribution >= 0.6 is 0 Å². The zero-order chi connectivity index (χ0) is 14.8. The van der Waals surface area contributed by atoms with E-state index in [0.717, 1.165) is 18.2 Å². The molecule has 1 rings (SSSR count). The second-order valence-corrected chi connectivity index (χ2v) is 4.56. The van der Waals surface area contributed by atoms with E-state index >= 15 is 0 Å². The van der Waals surface area contributed by atoms with Crippen LogP contribution in [0.25, 0.3) is 0 Å². The molecule has 1 N–H and O–H groups in total. The third-order valence-corrected chi connectivity index (χ3v) is 3.05. The summed E-state index contributed by atoms with van der Waals surface area (Å²) in [6, 6.07) is 0. The molecule has 0 aromatic carbocycles. The zero-order valence-electron chi connectivity index (χ0n) is 9.51. The van der Waals surface area contributed by atoms with Gasteiger partial charge in [-0.3, -0.25) is 0 Å². The van der Waals surface area contributed by atoms with Crippen LogP contribution in [0.5, 0.6) is 0 Å². The van der Waals surface area contributed by atoms with E-state index in [9.17, 15) is 26.4 Å². The van der Waals surface area contributed by atoms with E-state index in [1.54, 1.807) is 0 Å². The van der Waals surface area contributed by atoms with E-state index in [2.05, 4.69) is 4.74 Å². The molecule has 1 aliphatic rings. The van der Waals surface area contributed by atoms with Crippen molar-refractivity contribution in [2.45, 2.75) is 25.3 Å². The summed E-state index contributed by atoms with van der Waals surface area (Å²) in [5.74, 6) is -1.55. The predicted octanol–water partition coefficient (Wildman–Crippen LogP) is 0.955. The summed E-state index contributed by atoms with van der Waals surface area (Å²) in [6.07, 6.45) is -5.70. The molecule has 9 heteroatoms. The Morgan fingerprint density at radius 2 is 2.05 bits per heavy atom. The van der Waals surface area contributed by atoms with E-state index in [-0.39, 0.29) is 0 Å². The number of carboxylic acids is 1. The standard InChI is InChI=1S/C10H9F3O5S/c1-5(10(11,12)13)18-8-6(9(14)15)3-2-4-7(8)19(16)17/h2-5,8H,1H3,(H,14,15)/t5-,8?/m0/s1. The van der Waals surface area contributed by atoms with Gasteiger partial charge in [-0.15, -0.1) is 0 Å². The largest absolute Gasteiger partial charge is 0.478 e. The first-order chi connectivity index (χ1) is 8.64. The number of halogens is 3. The number of hydrogen-bond acceptors (Lipinski definition) is 4. The van der Waals surface area contributed by atoms with Gasteiger partial charge in [0.15, 0.2) is 6.10 Å². The van der Waals surface area contributed by atoms with Crippen molar-refractivity contribution in [1.29, 1.82) is 0 Å².